The molecule has 1 fully saturated rings. The molecule has 0 bridgehead atoms. The lowest BCUT2D eigenvalue weighted by atomic mass is 10.1. The summed E-state index contributed by atoms with van der Waals surface area (Å²) < 4.78 is 26.0. The Labute approximate surface area is 209 Å². The number of furan rings is 1. The van der Waals surface area contributed by atoms with Crippen molar-refractivity contribution in [3.63, 3.8) is 0 Å². The van der Waals surface area contributed by atoms with E-state index >= 15 is 0 Å². The highest BCUT2D eigenvalue weighted by atomic mass is 35.5. The number of hydrogen-bond acceptors (Lipinski definition) is 7. The molecule has 2 atom stereocenters. The Bertz CT molecular complexity index is 1360. The van der Waals surface area contributed by atoms with E-state index in [9.17, 15) is 9.50 Å². The first-order valence-electron chi connectivity index (χ1n) is 10.8. The molecule has 34 heavy (non-hydrogen) atoms. The molecule has 6 nitrogen and oxygen atoms in total. The highest BCUT2D eigenvalue weighted by molar-refractivity contribution is 7.10. The number of thiophene rings is 1. The van der Waals surface area contributed by atoms with Gasteiger partial charge in [0.1, 0.15) is 11.9 Å². The van der Waals surface area contributed by atoms with Crippen molar-refractivity contribution in [2.24, 2.45) is 0 Å². The summed E-state index contributed by atoms with van der Waals surface area (Å²) in [5.41, 5.74) is 8.74. The summed E-state index contributed by atoms with van der Waals surface area (Å²) in [5, 5.41) is 12.8. The quantitative estimate of drug-likeness (QED) is 0.290. The number of nitrogens with zero attached hydrogens (tertiary/aromatic N) is 2. The van der Waals surface area contributed by atoms with Crippen molar-refractivity contribution in [2.75, 3.05) is 18.8 Å². The second-order valence-corrected chi connectivity index (χ2v) is 10.1. The van der Waals surface area contributed by atoms with Crippen LogP contribution in [0.2, 0.25) is 10.0 Å². The molecule has 3 aromatic heterocycles. The number of rotatable bonds is 6. The molecule has 1 unspecified atom stereocenters. The number of hydrogen-bond donors (Lipinski definition) is 2. The van der Waals surface area contributed by atoms with Crippen LogP contribution in [0.3, 0.4) is 0 Å². The number of benzene rings is 1. The highest BCUT2D eigenvalue weighted by Crippen LogP contribution is 2.42. The van der Waals surface area contributed by atoms with Crippen molar-refractivity contribution >= 4 is 51.3 Å². The minimum atomic E-state index is -0.706. The van der Waals surface area contributed by atoms with Gasteiger partial charge in [-0.1, -0.05) is 23.2 Å². The molecule has 0 saturated carbocycles. The largest absolute Gasteiger partial charge is 0.478 e. The van der Waals surface area contributed by atoms with Crippen molar-refractivity contribution in [3.8, 4) is 16.9 Å². The van der Waals surface area contributed by atoms with E-state index in [-0.39, 0.29) is 27.7 Å². The minimum absolute atomic E-state index is 0.102. The lowest BCUT2D eigenvalue weighted by Gasteiger charge is -2.18. The van der Waals surface area contributed by atoms with Crippen LogP contribution in [0, 0.1) is 5.82 Å². The van der Waals surface area contributed by atoms with Crippen LogP contribution in [0.25, 0.3) is 22.1 Å². The van der Waals surface area contributed by atoms with Crippen molar-refractivity contribution in [1.82, 2.24) is 9.88 Å². The molecule has 1 aliphatic heterocycles. The van der Waals surface area contributed by atoms with E-state index in [1.165, 1.54) is 17.0 Å². The van der Waals surface area contributed by atoms with Gasteiger partial charge >= 0.3 is 0 Å². The third-order valence-electron chi connectivity index (χ3n) is 5.97. The number of halogens is 3. The van der Waals surface area contributed by atoms with E-state index in [4.69, 9.17) is 38.1 Å². The third kappa shape index (κ3) is 4.36. The Kier molecular flexibility index (Phi) is 6.43. The van der Waals surface area contributed by atoms with Crippen molar-refractivity contribution in [3.05, 3.63) is 62.3 Å². The number of fused-ring (bicyclic) bond motifs is 1. The molecule has 0 aliphatic carbocycles. The smallest absolute Gasteiger partial charge is 0.205 e. The number of β-amino-alcohol motifs (C(OH)–C–C–N with tert-alkyl or cyclic N) is 1. The number of anilines is 1. The SMILES string of the molecule is C[C@@H](Oc1c(N)ncc2c(-c3csc(CN4CCC(O)C4)c3)coc12)c1c(Cl)ccc(F)c1Cl. The monoisotopic (exact) mass is 521 g/mol. The molecule has 3 N–H and O–H groups in total. The highest BCUT2D eigenvalue weighted by Gasteiger charge is 2.24. The number of aliphatic hydroxyl groups is 1. The molecule has 4 aromatic rings. The van der Waals surface area contributed by atoms with Gasteiger partial charge in [-0.05, 0) is 42.5 Å². The predicted octanol–water partition coefficient (Wildman–Crippen LogP) is 6.29. The van der Waals surface area contributed by atoms with Crippen LogP contribution in [0.4, 0.5) is 10.2 Å². The van der Waals surface area contributed by atoms with Crippen LogP contribution in [-0.4, -0.2) is 34.2 Å². The number of aliphatic hydroxyl groups excluding tert-OH is 1. The zero-order valence-corrected chi connectivity index (χ0v) is 20.6. The third-order valence-corrected chi connectivity index (χ3v) is 7.61. The Morgan fingerprint density at radius 1 is 1.41 bits per heavy atom. The number of nitrogen functional groups attached to an aromatic ring is 1. The summed E-state index contributed by atoms with van der Waals surface area (Å²) >= 11 is 14.1. The van der Waals surface area contributed by atoms with E-state index in [2.05, 4.69) is 21.3 Å². The van der Waals surface area contributed by atoms with E-state index in [1.807, 2.05) is 0 Å². The first-order chi connectivity index (χ1) is 16.3. The Hall–Kier alpha value is -2.36. The van der Waals surface area contributed by atoms with Crippen LogP contribution in [0.5, 0.6) is 5.75 Å². The van der Waals surface area contributed by atoms with Crippen molar-refractivity contribution in [2.45, 2.75) is 32.1 Å². The summed E-state index contributed by atoms with van der Waals surface area (Å²) in [6, 6.07) is 4.75. The number of aromatic nitrogens is 1. The fourth-order valence-electron chi connectivity index (χ4n) is 4.25. The molecular weight excluding hydrogens is 500 g/mol. The predicted molar refractivity (Wildman–Crippen MR) is 133 cm³/mol. The second kappa shape index (κ2) is 9.36. The fraction of sp³-hybridized carbons (Fsp3) is 0.292. The number of pyridine rings is 1. The van der Waals surface area contributed by atoms with Crippen LogP contribution in [0.15, 0.2) is 40.5 Å². The fourth-order valence-corrected chi connectivity index (χ4v) is 5.85. The second-order valence-electron chi connectivity index (χ2n) is 8.36. The Morgan fingerprint density at radius 3 is 3.00 bits per heavy atom. The molecule has 1 aromatic carbocycles. The van der Waals surface area contributed by atoms with Gasteiger partial charge in [-0.15, -0.1) is 11.3 Å². The average Bonchev–Trinajstić information content (AvgIpc) is 3.53. The van der Waals surface area contributed by atoms with Crippen LogP contribution in [0.1, 0.15) is 29.9 Å². The topological polar surface area (TPSA) is 84.8 Å². The molecule has 10 heteroatoms. The summed E-state index contributed by atoms with van der Waals surface area (Å²) in [5.74, 6) is -0.200. The molecule has 1 aliphatic rings. The van der Waals surface area contributed by atoms with Gasteiger partial charge in [0.25, 0.3) is 0 Å². The molecule has 0 spiro atoms. The van der Waals surface area contributed by atoms with E-state index in [0.29, 0.717) is 17.7 Å². The molecule has 4 heterocycles. The number of ether oxygens (including phenoxy) is 1. The first-order valence-corrected chi connectivity index (χ1v) is 12.4. The Balaban J connectivity index is 1.44. The molecule has 1 saturated heterocycles. The lowest BCUT2D eigenvalue weighted by Crippen LogP contribution is -2.20. The zero-order valence-electron chi connectivity index (χ0n) is 18.2. The Morgan fingerprint density at radius 2 is 2.24 bits per heavy atom. The summed E-state index contributed by atoms with van der Waals surface area (Å²) in [6.07, 6.45) is 3.16. The maximum atomic E-state index is 14.0. The van der Waals surface area contributed by atoms with Gasteiger partial charge in [0.15, 0.2) is 11.4 Å². The number of nitrogens with two attached hydrogens (primary N) is 1. The first kappa shape index (κ1) is 23.4. The van der Waals surface area contributed by atoms with Crippen LogP contribution >= 0.6 is 34.5 Å². The lowest BCUT2D eigenvalue weighted by molar-refractivity contribution is 0.175. The summed E-state index contributed by atoms with van der Waals surface area (Å²) in [6.45, 7) is 4.09. The van der Waals surface area contributed by atoms with E-state index in [0.717, 1.165) is 36.0 Å². The number of likely N-dealkylation sites (tertiary alicyclic amines) is 1. The molecule has 5 rings (SSSR count). The molecule has 178 valence electrons. The van der Waals surface area contributed by atoms with Gasteiger partial charge in [-0.25, -0.2) is 9.37 Å². The van der Waals surface area contributed by atoms with Crippen LogP contribution in [-0.2, 0) is 6.54 Å². The van der Waals surface area contributed by atoms with Crippen molar-refractivity contribution < 1.29 is 18.7 Å². The van der Waals surface area contributed by atoms with Gasteiger partial charge in [0, 0.05) is 46.9 Å². The van der Waals surface area contributed by atoms with Crippen molar-refractivity contribution in [1.29, 1.82) is 0 Å². The molecule has 0 amide bonds. The van der Waals surface area contributed by atoms with Gasteiger partial charge in [0.2, 0.25) is 5.75 Å². The van der Waals surface area contributed by atoms with Gasteiger partial charge in [-0.3, -0.25) is 4.90 Å². The van der Waals surface area contributed by atoms with Gasteiger partial charge in [-0.2, -0.15) is 0 Å². The van der Waals surface area contributed by atoms with E-state index < -0.39 is 11.9 Å². The minimum Gasteiger partial charge on any atom is -0.478 e. The summed E-state index contributed by atoms with van der Waals surface area (Å²) in [7, 11) is 0. The normalized spacial score (nSPS) is 17.5. The summed E-state index contributed by atoms with van der Waals surface area (Å²) in [4.78, 5) is 7.73. The maximum Gasteiger partial charge on any atom is 0.205 e. The van der Waals surface area contributed by atoms with E-state index in [1.54, 1.807) is 30.7 Å². The van der Waals surface area contributed by atoms with Gasteiger partial charge < -0.3 is 20.0 Å². The average molecular weight is 522 g/mol. The van der Waals surface area contributed by atoms with Gasteiger partial charge in [0.05, 0.1) is 22.8 Å². The standard InChI is InChI=1S/C24H22Cl2FN3O3S/c1-12(20-18(25)2-3-19(27)21(20)26)33-23-22-16(7-29-24(23)28)17(10-32-22)13-6-15(34-11-13)9-30-5-4-14(31)8-30/h2-3,6-7,10-12,14,31H,4-5,8-9H2,1H3,(H2,28,29)/t12-,14?/m1/s1. The zero-order chi connectivity index (χ0) is 24.0. The molecular formula is C24H22Cl2FN3O3S. The molecule has 0 radical (unpaired) electrons. The van der Waals surface area contributed by atoms with Crippen LogP contribution < -0.4 is 10.5 Å². The maximum absolute atomic E-state index is 14.0.